The van der Waals surface area contributed by atoms with Gasteiger partial charge in [-0.1, -0.05) is 22.9 Å². The molecule has 1 rings (SSSR count). The Kier molecular flexibility index (Phi) is 5.95. The van der Waals surface area contributed by atoms with Crippen molar-refractivity contribution in [3.05, 3.63) is 28.2 Å². The number of halogens is 1. The third kappa shape index (κ3) is 4.30. The summed E-state index contributed by atoms with van der Waals surface area (Å²) in [7, 11) is 0. The summed E-state index contributed by atoms with van der Waals surface area (Å²) in [5, 5.41) is 22.2. The molecule has 1 aromatic carbocycles. The van der Waals surface area contributed by atoms with Crippen molar-refractivity contribution >= 4 is 15.9 Å². The Hall–Kier alpha value is -0.580. The maximum absolute atomic E-state index is 9.87. The standard InChI is InChI=1S/C13H20BrNO2/c1-3-12(15-9(2)6-7-16)11-8-10(14)4-5-13(11)17/h4-5,8-9,12,15-17H,3,6-7H2,1-2H3. The Bertz CT molecular complexity index is 357. The number of rotatable bonds is 6. The van der Waals surface area contributed by atoms with Crippen LogP contribution in [-0.2, 0) is 0 Å². The minimum Gasteiger partial charge on any atom is -0.508 e. The lowest BCUT2D eigenvalue weighted by atomic mass is 10.0. The van der Waals surface area contributed by atoms with Gasteiger partial charge in [0.15, 0.2) is 0 Å². The van der Waals surface area contributed by atoms with Crippen LogP contribution in [0.4, 0.5) is 0 Å². The van der Waals surface area contributed by atoms with Gasteiger partial charge in [0.05, 0.1) is 0 Å². The second kappa shape index (κ2) is 6.99. The molecule has 0 saturated carbocycles. The Morgan fingerprint density at radius 1 is 1.41 bits per heavy atom. The number of aliphatic hydroxyl groups excluding tert-OH is 1. The first-order valence-electron chi connectivity index (χ1n) is 5.93. The van der Waals surface area contributed by atoms with E-state index in [1.807, 2.05) is 19.1 Å². The van der Waals surface area contributed by atoms with Crippen LogP contribution in [0.15, 0.2) is 22.7 Å². The molecule has 17 heavy (non-hydrogen) atoms. The summed E-state index contributed by atoms with van der Waals surface area (Å²) in [5.74, 6) is 0.309. The van der Waals surface area contributed by atoms with Crippen LogP contribution in [0, 0.1) is 0 Å². The molecule has 3 N–H and O–H groups in total. The minimum atomic E-state index is 0.106. The van der Waals surface area contributed by atoms with Crippen LogP contribution in [0.3, 0.4) is 0 Å². The highest BCUT2D eigenvalue weighted by Crippen LogP contribution is 2.29. The van der Waals surface area contributed by atoms with Gasteiger partial charge in [-0.15, -0.1) is 0 Å². The van der Waals surface area contributed by atoms with Gasteiger partial charge in [0.1, 0.15) is 5.75 Å². The van der Waals surface area contributed by atoms with E-state index in [4.69, 9.17) is 5.11 Å². The van der Waals surface area contributed by atoms with E-state index in [-0.39, 0.29) is 18.7 Å². The van der Waals surface area contributed by atoms with E-state index >= 15 is 0 Å². The molecule has 2 unspecified atom stereocenters. The number of hydrogen-bond donors (Lipinski definition) is 3. The van der Waals surface area contributed by atoms with Gasteiger partial charge in [0, 0.05) is 28.7 Å². The first-order chi connectivity index (χ1) is 8.08. The normalized spacial score (nSPS) is 14.6. The zero-order valence-electron chi connectivity index (χ0n) is 10.3. The Balaban J connectivity index is 2.82. The third-order valence-corrected chi connectivity index (χ3v) is 3.31. The van der Waals surface area contributed by atoms with Crippen LogP contribution < -0.4 is 5.32 Å². The molecule has 0 heterocycles. The highest BCUT2D eigenvalue weighted by Gasteiger charge is 2.15. The zero-order valence-corrected chi connectivity index (χ0v) is 11.9. The summed E-state index contributed by atoms with van der Waals surface area (Å²) in [5.41, 5.74) is 0.895. The number of phenolic OH excluding ortho intramolecular Hbond substituents is 1. The van der Waals surface area contributed by atoms with Gasteiger partial charge in [-0.25, -0.2) is 0 Å². The van der Waals surface area contributed by atoms with Crippen molar-refractivity contribution in [1.29, 1.82) is 0 Å². The number of phenols is 1. The summed E-state index contributed by atoms with van der Waals surface area (Å²) >= 11 is 3.41. The first kappa shape index (κ1) is 14.5. The predicted octanol–water partition coefficient (Wildman–Crippen LogP) is 2.97. The van der Waals surface area contributed by atoms with Crippen molar-refractivity contribution in [2.24, 2.45) is 0 Å². The van der Waals surface area contributed by atoms with E-state index in [9.17, 15) is 5.11 Å². The molecule has 0 aliphatic carbocycles. The van der Waals surface area contributed by atoms with Crippen molar-refractivity contribution in [3.8, 4) is 5.75 Å². The van der Waals surface area contributed by atoms with Gasteiger partial charge >= 0.3 is 0 Å². The molecule has 0 spiro atoms. The van der Waals surface area contributed by atoms with E-state index in [0.29, 0.717) is 12.2 Å². The molecule has 2 atom stereocenters. The average molecular weight is 302 g/mol. The van der Waals surface area contributed by atoms with Gasteiger partial charge < -0.3 is 15.5 Å². The highest BCUT2D eigenvalue weighted by atomic mass is 79.9. The van der Waals surface area contributed by atoms with Gasteiger partial charge in [-0.2, -0.15) is 0 Å². The first-order valence-corrected chi connectivity index (χ1v) is 6.73. The Labute approximate surface area is 111 Å². The Morgan fingerprint density at radius 3 is 2.71 bits per heavy atom. The monoisotopic (exact) mass is 301 g/mol. The second-order valence-corrected chi connectivity index (χ2v) is 5.16. The summed E-state index contributed by atoms with van der Waals surface area (Å²) < 4.78 is 0.959. The van der Waals surface area contributed by atoms with Crippen molar-refractivity contribution in [1.82, 2.24) is 5.32 Å². The summed E-state index contributed by atoms with van der Waals surface area (Å²) in [6.07, 6.45) is 1.60. The van der Waals surface area contributed by atoms with Crippen LogP contribution >= 0.6 is 15.9 Å². The fourth-order valence-corrected chi connectivity index (χ4v) is 2.23. The molecule has 4 heteroatoms. The second-order valence-electron chi connectivity index (χ2n) is 4.24. The lowest BCUT2D eigenvalue weighted by molar-refractivity contribution is 0.262. The van der Waals surface area contributed by atoms with Gasteiger partial charge in [0.2, 0.25) is 0 Å². The van der Waals surface area contributed by atoms with E-state index in [2.05, 4.69) is 28.2 Å². The largest absolute Gasteiger partial charge is 0.508 e. The zero-order chi connectivity index (χ0) is 12.8. The quantitative estimate of drug-likeness (QED) is 0.757. The smallest absolute Gasteiger partial charge is 0.120 e. The summed E-state index contributed by atoms with van der Waals surface area (Å²) in [6, 6.07) is 5.78. The maximum Gasteiger partial charge on any atom is 0.120 e. The van der Waals surface area contributed by atoms with Gasteiger partial charge in [-0.05, 0) is 38.0 Å². The molecule has 0 bridgehead atoms. The SMILES string of the molecule is CCC(NC(C)CCO)c1cc(Br)ccc1O. The van der Waals surface area contributed by atoms with Crippen LogP contribution in [0.1, 0.15) is 38.3 Å². The minimum absolute atomic E-state index is 0.106. The molecule has 0 amide bonds. The fourth-order valence-electron chi connectivity index (χ4n) is 1.85. The van der Waals surface area contributed by atoms with Crippen LogP contribution in [0.25, 0.3) is 0 Å². The van der Waals surface area contributed by atoms with E-state index < -0.39 is 0 Å². The molecule has 3 nitrogen and oxygen atoms in total. The summed E-state index contributed by atoms with van der Waals surface area (Å²) in [6.45, 7) is 4.28. The van der Waals surface area contributed by atoms with E-state index in [1.165, 1.54) is 0 Å². The number of benzene rings is 1. The topological polar surface area (TPSA) is 52.5 Å². The molecular weight excluding hydrogens is 282 g/mol. The van der Waals surface area contributed by atoms with Crippen molar-refractivity contribution in [3.63, 3.8) is 0 Å². The molecule has 0 aromatic heterocycles. The molecule has 0 radical (unpaired) electrons. The molecule has 0 fully saturated rings. The lowest BCUT2D eigenvalue weighted by Gasteiger charge is -2.23. The predicted molar refractivity (Wildman–Crippen MR) is 73.1 cm³/mol. The molecular formula is C13H20BrNO2. The van der Waals surface area contributed by atoms with Crippen molar-refractivity contribution < 1.29 is 10.2 Å². The molecule has 0 aliphatic rings. The van der Waals surface area contributed by atoms with Crippen molar-refractivity contribution in [2.45, 2.75) is 38.8 Å². The van der Waals surface area contributed by atoms with E-state index in [0.717, 1.165) is 16.5 Å². The number of aromatic hydroxyl groups is 1. The van der Waals surface area contributed by atoms with Crippen LogP contribution in [0.2, 0.25) is 0 Å². The number of nitrogens with one attached hydrogen (secondary N) is 1. The molecule has 0 saturated heterocycles. The van der Waals surface area contributed by atoms with Crippen LogP contribution in [0.5, 0.6) is 5.75 Å². The average Bonchev–Trinajstić information content (AvgIpc) is 2.30. The third-order valence-electron chi connectivity index (χ3n) is 2.82. The summed E-state index contributed by atoms with van der Waals surface area (Å²) in [4.78, 5) is 0. The molecule has 0 aliphatic heterocycles. The lowest BCUT2D eigenvalue weighted by Crippen LogP contribution is -2.31. The van der Waals surface area contributed by atoms with Gasteiger partial charge in [0.25, 0.3) is 0 Å². The van der Waals surface area contributed by atoms with Crippen LogP contribution in [-0.4, -0.2) is 22.9 Å². The molecule has 96 valence electrons. The molecule has 1 aromatic rings. The number of hydrogen-bond acceptors (Lipinski definition) is 3. The van der Waals surface area contributed by atoms with Crippen molar-refractivity contribution in [2.75, 3.05) is 6.61 Å². The van der Waals surface area contributed by atoms with E-state index in [1.54, 1.807) is 6.07 Å². The Morgan fingerprint density at radius 2 is 2.12 bits per heavy atom. The fraction of sp³-hybridized carbons (Fsp3) is 0.538. The number of aliphatic hydroxyl groups is 1. The highest BCUT2D eigenvalue weighted by molar-refractivity contribution is 9.10. The maximum atomic E-state index is 9.87. The van der Waals surface area contributed by atoms with Gasteiger partial charge in [-0.3, -0.25) is 0 Å².